The van der Waals surface area contributed by atoms with E-state index < -0.39 is 5.97 Å². The number of ether oxygens (including phenoxy) is 1. The van der Waals surface area contributed by atoms with Gasteiger partial charge in [0.1, 0.15) is 5.82 Å². The predicted octanol–water partition coefficient (Wildman–Crippen LogP) is 3.67. The van der Waals surface area contributed by atoms with Crippen molar-refractivity contribution in [3.8, 4) is 0 Å². The summed E-state index contributed by atoms with van der Waals surface area (Å²) in [7, 11) is 0. The van der Waals surface area contributed by atoms with Crippen molar-refractivity contribution < 1.29 is 13.9 Å². The number of hydrogen-bond acceptors (Lipinski definition) is 3. The van der Waals surface area contributed by atoms with Crippen LogP contribution in [0.3, 0.4) is 0 Å². The minimum absolute atomic E-state index is 0.279. The van der Waals surface area contributed by atoms with Crippen molar-refractivity contribution in [2.45, 2.75) is 13.3 Å². The molecule has 3 nitrogen and oxygen atoms in total. The molecule has 4 heteroatoms. The van der Waals surface area contributed by atoms with Gasteiger partial charge in [-0.3, -0.25) is 0 Å². The van der Waals surface area contributed by atoms with Crippen molar-refractivity contribution in [1.29, 1.82) is 0 Å². The molecule has 0 radical (unpaired) electrons. The molecule has 0 saturated carbocycles. The number of esters is 1. The van der Waals surface area contributed by atoms with E-state index in [0.717, 1.165) is 16.7 Å². The van der Waals surface area contributed by atoms with Gasteiger partial charge in [-0.15, -0.1) is 0 Å². The van der Waals surface area contributed by atoms with Crippen LogP contribution in [0.4, 0.5) is 4.39 Å². The lowest BCUT2D eigenvalue weighted by Gasteiger charge is -1.99. The first-order valence-electron chi connectivity index (χ1n) is 6.93. The highest BCUT2D eigenvalue weighted by Crippen LogP contribution is 2.18. The Morgan fingerprint density at radius 1 is 1.09 bits per heavy atom. The Kier molecular flexibility index (Phi) is 3.83. The van der Waals surface area contributed by atoms with Gasteiger partial charge in [0.25, 0.3) is 0 Å². The third-order valence-electron chi connectivity index (χ3n) is 3.31. The Bertz CT molecular complexity index is 759. The monoisotopic (exact) mass is 295 g/mol. The molecule has 0 aliphatic carbocycles. The largest absolute Gasteiger partial charge is 0.406 e. The zero-order valence-corrected chi connectivity index (χ0v) is 12.0. The Hall–Kier alpha value is -2.75. The fourth-order valence-electron chi connectivity index (χ4n) is 2.13. The number of hydrogen-bond donors (Lipinski definition) is 0. The summed E-state index contributed by atoms with van der Waals surface area (Å²) in [6.07, 6.45) is 2.05. The fourth-order valence-corrected chi connectivity index (χ4v) is 2.13. The van der Waals surface area contributed by atoms with Crippen molar-refractivity contribution in [1.82, 2.24) is 0 Å². The summed E-state index contributed by atoms with van der Waals surface area (Å²) in [5, 5.41) is 0. The number of nitrogens with zero attached hydrogens (tertiary/aromatic N) is 1. The maximum absolute atomic E-state index is 12.9. The summed E-state index contributed by atoms with van der Waals surface area (Å²) in [6, 6.07) is 13.8. The third kappa shape index (κ3) is 3.28. The number of carbonyl (C=O) groups is 1. The number of aryl methyl sites for hydroxylation is 1. The molecule has 22 heavy (non-hydrogen) atoms. The van der Waals surface area contributed by atoms with Crippen LogP contribution < -0.4 is 0 Å². The second-order valence-corrected chi connectivity index (χ2v) is 5.14. The molecule has 1 heterocycles. The van der Waals surface area contributed by atoms with Crippen LogP contribution in [0.15, 0.2) is 59.2 Å². The lowest BCUT2D eigenvalue weighted by molar-refractivity contribution is -0.130. The van der Waals surface area contributed by atoms with E-state index in [-0.39, 0.29) is 11.5 Å². The lowest BCUT2D eigenvalue weighted by Crippen LogP contribution is -2.06. The lowest BCUT2D eigenvalue weighted by atomic mass is 10.1. The molecule has 0 unspecified atom stereocenters. The van der Waals surface area contributed by atoms with Crippen molar-refractivity contribution in [2.75, 3.05) is 0 Å². The molecule has 0 saturated heterocycles. The summed E-state index contributed by atoms with van der Waals surface area (Å²) < 4.78 is 18.0. The van der Waals surface area contributed by atoms with E-state index in [1.165, 1.54) is 12.1 Å². The zero-order chi connectivity index (χ0) is 15.5. The van der Waals surface area contributed by atoms with Crippen LogP contribution in [0.2, 0.25) is 0 Å². The van der Waals surface area contributed by atoms with Gasteiger partial charge in [0.15, 0.2) is 5.70 Å². The van der Waals surface area contributed by atoms with Crippen LogP contribution in [0, 0.1) is 12.7 Å². The number of rotatable bonds is 3. The van der Waals surface area contributed by atoms with Gasteiger partial charge in [0, 0.05) is 6.42 Å². The molecule has 0 aromatic heterocycles. The normalized spacial score (nSPS) is 15.8. The first kappa shape index (κ1) is 14.2. The number of cyclic esters (lactones) is 1. The average molecular weight is 295 g/mol. The van der Waals surface area contributed by atoms with Gasteiger partial charge >= 0.3 is 5.97 Å². The van der Waals surface area contributed by atoms with Crippen LogP contribution >= 0.6 is 0 Å². The van der Waals surface area contributed by atoms with Gasteiger partial charge in [-0.05, 0) is 36.3 Å². The van der Waals surface area contributed by atoms with E-state index in [2.05, 4.69) is 4.99 Å². The quantitative estimate of drug-likeness (QED) is 0.640. The topological polar surface area (TPSA) is 38.7 Å². The maximum Gasteiger partial charge on any atom is 0.363 e. The molecule has 1 aliphatic heterocycles. The molecule has 0 spiro atoms. The van der Waals surface area contributed by atoms with Crippen LogP contribution in [-0.2, 0) is 16.0 Å². The molecule has 0 bridgehead atoms. The van der Waals surface area contributed by atoms with E-state index in [1.54, 1.807) is 18.2 Å². The third-order valence-corrected chi connectivity index (χ3v) is 3.31. The molecule has 2 aromatic carbocycles. The minimum atomic E-state index is -0.460. The second-order valence-electron chi connectivity index (χ2n) is 5.14. The molecule has 1 aliphatic rings. The Morgan fingerprint density at radius 2 is 1.77 bits per heavy atom. The Labute approximate surface area is 127 Å². The van der Waals surface area contributed by atoms with Crippen LogP contribution in [0.5, 0.6) is 0 Å². The first-order valence-corrected chi connectivity index (χ1v) is 6.93. The number of aliphatic imine (C=N–C) groups is 1. The van der Waals surface area contributed by atoms with Gasteiger partial charge in [0.2, 0.25) is 5.90 Å². The standard InChI is InChI=1S/C18H14FNO2/c1-12-2-4-13(5-3-12)10-16-18(21)22-17(20-16)11-14-6-8-15(19)9-7-14/h2-10H,11H2,1H3/b16-10+. The highest BCUT2D eigenvalue weighted by Gasteiger charge is 2.22. The van der Waals surface area contributed by atoms with Gasteiger partial charge in [0.05, 0.1) is 0 Å². The molecule has 0 N–H and O–H groups in total. The maximum atomic E-state index is 12.9. The van der Waals surface area contributed by atoms with Crippen molar-refractivity contribution >= 4 is 17.9 Å². The van der Waals surface area contributed by atoms with E-state index in [0.29, 0.717) is 12.3 Å². The first-order chi connectivity index (χ1) is 10.6. The predicted molar refractivity (Wildman–Crippen MR) is 82.8 cm³/mol. The van der Waals surface area contributed by atoms with Gasteiger partial charge in [-0.2, -0.15) is 0 Å². The van der Waals surface area contributed by atoms with Crippen LogP contribution in [-0.4, -0.2) is 11.9 Å². The van der Waals surface area contributed by atoms with Gasteiger partial charge in [-0.25, -0.2) is 14.2 Å². The Balaban J connectivity index is 1.79. The summed E-state index contributed by atoms with van der Waals surface area (Å²) >= 11 is 0. The van der Waals surface area contributed by atoms with Gasteiger partial charge < -0.3 is 4.74 Å². The molecule has 3 rings (SSSR count). The number of carbonyl (C=O) groups excluding carboxylic acids is 1. The highest BCUT2D eigenvalue weighted by molar-refractivity contribution is 6.07. The Morgan fingerprint density at radius 3 is 2.45 bits per heavy atom. The van der Waals surface area contributed by atoms with E-state index in [1.807, 2.05) is 31.2 Å². The summed E-state index contributed by atoms with van der Waals surface area (Å²) in [5.74, 6) is -0.429. The van der Waals surface area contributed by atoms with Crippen LogP contribution in [0.1, 0.15) is 16.7 Å². The zero-order valence-electron chi connectivity index (χ0n) is 12.0. The van der Waals surface area contributed by atoms with Gasteiger partial charge in [-0.1, -0.05) is 42.0 Å². The second kappa shape index (κ2) is 5.93. The summed E-state index contributed by atoms with van der Waals surface area (Å²) in [5.41, 5.74) is 3.16. The molecule has 0 amide bonds. The molecular formula is C18H14FNO2. The SMILES string of the molecule is Cc1ccc(/C=C2/N=C(Cc3ccc(F)cc3)OC2=O)cc1. The molecule has 0 fully saturated rings. The molecule has 0 atom stereocenters. The summed E-state index contributed by atoms with van der Waals surface area (Å²) in [6.45, 7) is 2.00. The highest BCUT2D eigenvalue weighted by atomic mass is 19.1. The van der Waals surface area contributed by atoms with Crippen molar-refractivity contribution in [3.63, 3.8) is 0 Å². The average Bonchev–Trinajstić information content (AvgIpc) is 2.84. The van der Waals surface area contributed by atoms with E-state index in [9.17, 15) is 9.18 Å². The number of benzene rings is 2. The molecule has 110 valence electrons. The summed E-state index contributed by atoms with van der Waals surface area (Å²) in [4.78, 5) is 16.1. The number of halogens is 1. The fraction of sp³-hybridized carbons (Fsp3) is 0.111. The molecule has 2 aromatic rings. The molecular weight excluding hydrogens is 281 g/mol. The minimum Gasteiger partial charge on any atom is -0.406 e. The van der Waals surface area contributed by atoms with Crippen molar-refractivity contribution in [3.05, 3.63) is 76.7 Å². The van der Waals surface area contributed by atoms with Crippen molar-refractivity contribution in [2.24, 2.45) is 4.99 Å². The van der Waals surface area contributed by atoms with E-state index >= 15 is 0 Å². The smallest absolute Gasteiger partial charge is 0.363 e. The van der Waals surface area contributed by atoms with Crippen LogP contribution in [0.25, 0.3) is 6.08 Å². The van der Waals surface area contributed by atoms with E-state index in [4.69, 9.17) is 4.74 Å².